The fourth-order valence-corrected chi connectivity index (χ4v) is 19.0. The molecule has 7 rings (SSSR count). The Morgan fingerprint density at radius 2 is 1.44 bits per heavy atom. The number of nitrogen functional groups attached to an aromatic ring is 1. The molecule has 0 bridgehead atoms. The van der Waals surface area contributed by atoms with E-state index in [-0.39, 0.29) is 76.6 Å². The van der Waals surface area contributed by atoms with Gasteiger partial charge >= 0.3 is 41.4 Å². The number of aromatic nitrogens is 3. The molecular weight excluding hydrogens is 1580 g/mol. The first-order chi connectivity index (χ1) is 50.5. The van der Waals surface area contributed by atoms with Crippen molar-refractivity contribution in [3.63, 3.8) is 0 Å². The van der Waals surface area contributed by atoms with E-state index in [4.69, 9.17) is 20.3 Å². The van der Waals surface area contributed by atoms with Crippen molar-refractivity contribution >= 4 is 141 Å². The second kappa shape index (κ2) is 36.3. The van der Waals surface area contributed by atoms with Crippen molar-refractivity contribution in [1.29, 1.82) is 0 Å². The number of aliphatic hydroxyl groups is 1. The first-order valence-corrected chi connectivity index (χ1v) is 43.2. The van der Waals surface area contributed by atoms with Crippen LogP contribution in [0, 0.1) is 11.8 Å². The van der Waals surface area contributed by atoms with Crippen LogP contribution >= 0.6 is 45.1 Å². The van der Waals surface area contributed by atoms with Gasteiger partial charge in [-0.2, -0.15) is 30.0 Å². The first kappa shape index (κ1) is 88.7. The highest BCUT2D eigenvalue weighted by Crippen LogP contribution is 2.66. The van der Waals surface area contributed by atoms with E-state index < -0.39 is 157 Å². The number of fused-ring (bicyclic) bond motifs is 3. The Morgan fingerprint density at radius 1 is 0.817 bits per heavy atom. The first-order valence-electron chi connectivity index (χ1n) is 33.5. The van der Waals surface area contributed by atoms with E-state index in [9.17, 15) is 103 Å². The zero-order valence-corrected chi connectivity index (χ0v) is 65.7. The lowest BCUT2D eigenvalue weighted by molar-refractivity contribution is -0.438. The van der Waals surface area contributed by atoms with Gasteiger partial charge in [0, 0.05) is 83.4 Å². The summed E-state index contributed by atoms with van der Waals surface area (Å²) in [6.45, 7) is 13.1. The van der Waals surface area contributed by atoms with Gasteiger partial charge in [-0.1, -0.05) is 59.8 Å². The maximum absolute atomic E-state index is 14.2. The van der Waals surface area contributed by atoms with Gasteiger partial charge in [0.25, 0.3) is 20.2 Å². The third kappa shape index (κ3) is 24.3. The van der Waals surface area contributed by atoms with Gasteiger partial charge in [-0.15, -0.1) is 0 Å². The number of carboxylic acid groups (broad SMARTS) is 3. The molecule has 3 aliphatic rings. The number of rotatable bonds is 39. The lowest BCUT2D eigenvalue weighted by atomic mass is 9.81. The molecule has 0 saturated carbocycles. The molecule has 1 saturated heterocycles. The number of phosphoric ester groups is 1. The van der Waals surface area contributed by atoms with Gasteiger partial charge in [0.1, 0.15) is 54.8 Å². The zero-order valence-electron chi connectivity index (χ0n) is 59.7. The van der Waals surface area contributed by atoms with Gasteiger partial charge in [-0.25, -0.2) is 28.5 Å². The number of nitrogens with zero attached hydrogens (tertiary/aromatic N) is 5. The lowest BCUT2D eigenvalue weighted by Gasteiger charge is -2.27. The second-order valence-corrected chi connectivity index (χ2v) is 37.3. The van der Waals surface area contributed by atoms with Crippen LogP contribution in [0.2, 0.25) is 0 Å². The molecule has 4 amide bonds. The van der Waals surface area contributed by atoms with Crippen molar-refractivity contribution in [1.82, 2.24) is 35.8 Å². The number of unbranched alkanes of at least 4 members (excludes halogenated alkanes) is 3. The molecule has 0 aliphatic carbocycles. The molecule has 4 aromatic rings. The summed E-state index contributed by atoms with van der Waals surface area (Å²) in [5.41, 5.74) is 9.45. The average Bonchev–Trinajstić information content (AvgIpc) is 1.59. The Labute approximate surface area is 633 Å². The maximum atomic E-state index is 14.2. The predicted octanol–water partition coefficient (Wildman–Crippen LogP) is 5.07. The minimum Gasteiger partial charge on any atom is -0.481 e. The van der Waals surface area contributed by atoms with Crippen LogP contribution in [0.3, 0.4) is 0 Å². The molecule has 45 heteroatoms. The third-order valence-electron chi connectivity index (χ3n) is 17.6. The summed E-state index contributed by atoms with van der Waals surface area (Å²) in [4.78, 5) is 136. The molecule has 2 aromatic carbocycles. The number of hydrogen-bond donors (Lipinski definition) is 15. The fourth-order valence-electron chi connectivity index (χ4n) is 12.4. The molecule has 109 heavy (non-hydrogen) atoms. The maximum Gasteiger partial charge on any atom is 0.490 e. The number of nitrogens with two attached hydrogens (primary N) is 1. The number of aliphatic hydroxyl groups excluding tert-OH is 1. The number of nitrogens with one attached hydrogen (secondary N) is 4. The number of amides is 4. The SMILES string of the molecule is CCN1C(=CC=CC2=[N+](CCCCCCC(=O)NC(CCC(C)(C)SSCCC(=O)NCC#Cc3cn(C4CC(O)C(COP(=O)(O)OP(=O)(O)OP(=O)(O)O)O4)c4ncnc(N)c34)C(=O)NC(CC(=O)O)C(=O)NC(CC(=O)O)C(=O)O)c3ccc(S(=O)(=O)O)cc3C2(C)C)C(C)(C)c2cc(S(=O)(=O)O)ccc21. The number of ether oxygens (including phenoxy) is 1. The van der Waals surface area contributed by atoms with E-state index in [2.05, 4.69) is 50.9 Å². The molecule has 5 heterocycles. The van der Waals surface area contributed by atoms with Crippen LogP contribution in [0.4, 0.5) is 17.2 Å². The molecule has 8 atom stereocenters. The normalized spacial score (nSPS) is 19.3. The van der Waals surface area contributed by atoms with E-state index in [1.807, 2.05) is 81.5 Å². The number of anilines is 2. The summed E-state index contributed by atoms with van der Waals surface area (Å²) in [5.74, 6) is -2.37. The van der Waals surface area contributed by atoms with Crippen LogP contribution in [-0.4, -0.2) is 199 Å². The molecule has 2 aromatic heterocycles. The highest BCUT2D eigenvalue weighted by atomic mass is 33.1. The summed E-state index contributed by atoms with van der Waals surface area (Å²) >= 11 is 0. The summed E-state index contributed by atoms with van der Waals surface area (Å²) in [6, 6.07) is 3.43. The molecule has 598 valence electrons. The van der Waals surface area contributed by atoms with E-state index in [0.717, 1.165) is 23.4 Å². The van der Waals surface area contributed by atoms with Crippen LogP contribution in [-0.2, 0) is 96.2 Å². The Hall–Kier alpha value is -7.49. The molecule has 1 fully saturated rings. The van der Waals surface area contributed by atoms with E-state index in [1.165, 1.54) is 56.6 Å². The number of aliphatic carboxylic acids is 3. The standard InChI is InChI=1S/C64H85N10O28P3S4/c1-8-72-45-21-19-38(108(93,94)95)29-40(45)63(4,5)49(72)16-13-17-50-64(6,7)41-30-39(109(96,97)98)20-22-46(41)73(50)27-12-10-9-11-18-52(77)69-42(59(82)70-43(31-54(78)79)60(83)71-44(61(84)85)32-55(80)81)23-25-62(2,3)107-106-28-24-51(76)66-26-14-15-37-34-74(58-56(37)57(65)67-36-68-58)53-33-47(75)48(100-53)35-99-104(89,90)102-105(91,92)101-103(86,87)88/h13,16-17,19-22,29-30,34,36,42-44,47-48,53,75H,8-12,18,23-28,31-33,35H2,1-7H3,(H14-,65,66,67,68,69,70,71,76,77,78,79,80,81,82,83,84,85,86,87,88,89,90,91,92,93,94,95,96,97,98)/p+1. The van der Waals surface area contributed by atoms with Gasteiger partial charge < -0.3 is 81.2 Å². The van der Waals surface area contributed by atoms with Gasteiger partial charge in [0.05, 0.1) is 58.3 Å². The molecule has 0 spiro atoms. The van der Waals surface area contributed by atoms with Crippen LogP contribution in [0.15, 0.2) is 82.6 Å². The number of carbonyl (C=O) groups excluding carboxylic acids is 4. The van der Waals surface area contributed by atoms with E-state index in [1.54, 1.807) is 12.1 Å². The van der Waals surface area contributed by atoms with Crippen LogP contribution in [0.1, 0.15) is 142 Å². The van der Waals surface area contributed by atoms with Crippen molar-refractivity contribution in [2.24, 2.45) is 0 Å². The zero-order chi connectivity index (χ0) is 81.2. The highest BCUT2D eigenvalue weighted by molar-refractivity contribution is 8.77. The number of allylic oxidation sites excluding steroid dienone is 4. The number of hydrogen-bond acceptors (Lipinski definition) is 25. The van der Waals surface area contributed by atoms with Gasteiger partial charge in [-0.3, -0.25) is 42.4 Å². The third-order valence-corrected chi connectivity index (χ3v) is 26.5. The Bertz CT molecular complexity index is 4730. The quantitative estimate of drug-likeness (QED) is 0.00692. The van der Waals surface area contributed by atoms with Gasteiger partial charge in [-0.05, 0) is 102 Å². The van der Waals surface area contributed by atoms with Crippen molar-refractivity contribution in [2.45, 2.75) is 181 Å². The van der Waals surface area contributed by atoms with Crippen molar-refractivity contribution in [3.8, 4) is 11.8 Å². The number of phosphoric acid groups is 3. The van der Waals surface area contributed by atoms with Crippen molar-refractivity contribution in [2.75, 3.05) is 42.6 Å². The molecule has 16 N–H and O–H groups in total. The summed E-state index contributed by atoms with van der Waals surface area (Å²) < 4.78 is 125. The number of carbonyl (C=O) groups is 7. The Kier molecular flexibility index (Phi) is 29.6. The summed E-state index contributed by atoms with van der Waals surface area (Å²) in [5, 5.41) is 49.2. The number of carboxylic acids is 3. The van der Waals surface area contributed by atoms with Crippen LogP contribution in [0.25, 0.3) is 11.0 Å². The van der Waals surface area contributed by atoms with Gasteiger partial charge in [0.15, 0.2) is 5.71 Å². The van der Waals surface area contributed by atoms with Crippen LogP contribution < -0.4 is 31.9 Å². The Morgan fingerprint density at radius 3 is 2.07 bits per heavy atom. The highest BCUT2D eigenvalue weighted by Gasteiger charge is 2.47. The molecule has 0 radical (unpaired) electrons. The summed E-state index contributed by atoms with van der Waals surface area (Å²) in [6.07, 6.45) is 3.93. The average molecular weight is 1660 g/mol. The monoisotopic (exact) mass is 1660 g/mol. The van der Waals surface area contributed by atoms with Crippen LogP contribution in [0.5, 0.6) is 0 Å². The fraction of sp³-hybridized carbons (Fsp3) is 0.500. The van der Waals surface area contributed by atoms with Gasteiger partial charge in [0.2, 0.25) is 29.3 Å². The molecule has 38 nitrogen and oxygen atoms in total. The smallest absolute Gasteiger partial charge is 0.481 e. The second-order valence-electron chi connectivity index (χ2n) is 26.9. The van der Waals surface area contributed by atoms with Crippen molar-refractivity contribution in [3.05, 3.63) is 89.5 Å². The lowest BCUT2D eigenvalue weighted by Crippen LogP contribution is -2.56. The summed E-state index contributed by atoms with van der Waals surface area (Å²) in [7, 11) is -23.5. The van der Waals surface area contributed by atoms with E-state index >= 15 is 0 Å². The Balaban J connectivity index is 0.967. The number of likely N-dealkylation sites (N-methyl/N-ethyl adjacent to an activating group) is 1. The molecular formula is C64H86N10O28P3S4+. The topological polar surface area (TPSA) is 589 Å². The predicted molar refractivity (Wildman–Crippen MR) is 394 cm³/mol. The minimum atomic E-state index is -5.83. The van der Waals surface area contributed by atoms with Crippen molar-refractivity contribution < 1.29 is 136 Å². The number of benzene rings is 2. The molecule has 3 aliphatic heterocycles. The largest absolute Gasteiger partial charge is 0.490 e. The van der Waals surface area contributed by atoms with E-state index in [0.29, 0.717) is 55.6 Å². The molecule has 8 unspecified atom stereocenters. The minimum absolute atomic E-state index is 0.00770.